The van der Waals surface area contributed by atoms with Crippen LogP contribution in [0.25, 0.3) is 0 Å². The Morgan fingerprint density at radius 3 is 2.32 bits per heavy atom. The van der Waals surface area contributed by atoms with Crippen molar-refractivity contribution in [2.24, 2.45) is 11.3 Å². The zero-order valence-electron chi connectivity index (χ0n) is 12.5. The number of anilines is 1. The molecule has 2 aliphatic heterocycles. The van der Waals surface area contributed by atoms with Crippen LogP contribution >= 0.6 is 0 Å². The number of hydrogen-bond donors (Lipinski definition) is 0. The van der Waals surface area contributed by atoms with Crippen LogP contribution in [0.2, 0.25) is 0 Å². The highest BCUT2D eigenvalue weighted by Gasteiger charge is 2.48. The minimum Gasteiger partial charge on any atom is -0.371 e. The summed E-state index contributed by atoms with van der Waals surface area (Å²) in [6.45, 7) is 10.9. The molecular formula is C16H25FN2. The molecule has 2 aliphatic rings. The van der Waals surface area contributed by atoms with Crippen molar-refractivity contribution in [1.29, 1.82) is 0 Å². The van der Waals surface area contributed by atoms with Crippen LogP contribution in [-0.2, 0) is 0 Å². The van der Waals surface area contributed by atoms with Gasteiger partial charge in [0.1, 0.15) is 5.82 Å². The number of halogens is 1. The third kappa shape index (κ3) is 2.76. The van der Waals surface area contributed by atoms with Crippen molar-refractivity contribution in [1.82, 2.24) is 4.90 Å². The van der Waals surface area contributed by atoms with Gasteiger partial charge in [-0.15, -0.1) is 0 Å². The van der Waals surface area contributed by atoms with E-state index in [2.05, 4.69) is 23.8 Å². The molecule has 2 nitrogen and oxygen atoms in total. The van der Waals surface area contributed by atoms with Gasteiger partial charge in [0.2, 0.25) is 0 Å². The molecule has 3 rings (SSSR count). The van der Waals surface area contributed by atoms with Gasteiger partial charge in [-0.1, -0.05) is 20.8 Å². The predicted octanol–water partition coefficient (Wildman–Crippen LogP) is 3.24. The first-order chi connectivity index (χ1) is 9.07. The monoisotopic (exact) mass is 264 g/mol. The molecule has 0 aromatic heterocycles. The molecule has 2 heterocycles. The number of nitrogens with zero attached hydrogens (tertiary/aromatic N) is 2. The largest absolute Gasteiger partial charge is 0.371 e. The highest BCUT2D eigenvalue weighted by atomic mass is 19.1. The Morgan fingerprint density at radius 1 is 1.11 bits per heavy atom. The first-order valence-electron chi connectivity index (χ1n) is 7.26. The highest BCUT2D eigenvalue weighted by molar-refractivity contribution is 5.48. The van der Waals surface area contributed by atoms with Gasteiger partial charge < -0.3 is 9.80 Å². The summed E-state index contributed by atoms with van der Waals surface area (Å²) in [5.74, 6) is 0.594. The van der Waals surface area contributed by atoms with Gasteiger partial charge in [-0.05, 0) is 37.2 Å². The maximum atomic E-state index is 12.9. The second kappa shape index (κ2) is 5.49. The molecular weight excluding hydrogens is 239 g/mol. The zero-order valence-corrected chi connectivity index (χ0v) is 12.5. The van der Waals surface area contributed by atoms with Gasteiger partial charge in [-0.25, -0.2) is 4.39 Å². The first-order valence-corrected chi connectivity index (χ1v) is 7.26. The smallest absolute Gasteiger partial charge is 0.123 e. The Morgan fingerprint density at radius 2 is 1.74 bits per heavy atom. The van der Waals surface area contributed by atoms with E-state index in [1.54, 1.807) is 12.1 Å². The molecule has 0 amide bonds. The van der Waals surface area contributed by atoms with Gasteiger partial charge >= 0.3 is 0 Å². The molecule has 2 fully saturated rings. The Balaban J connectivity index is 0.000000637. The van der Waals surface area contributed by atoms with E-state index in [0.29, 0.717) is 5.41 Å². The fraction of sp³-hybridized carbons (Fsp3) is 0.625. The van der Waals surface area contributed by atoms with Crippen molar-refractivity contribution >= 4 is 5.69 Å². The van der Waals surface area contributed by atoms with E-state index in [1.807, 2.05) is 26.0 Å². The Kier molecular flexibility index (Phi) is 4.14. The van der Waals surface area contributed by atoms with Crippen LogP contribution in [0.15, 0.2) is 24.3 Å². The summed E-state index contributed by atoms with van der Waals surface area (Å²) in [5, 5.41) is 0. The van der Waals surface area contributed by atoms with Crippen molar-refractivity contribution in [3.8, 4) is 0 Å². The van der Waals surface area contributed by atoms with E-state index < -0.39 is 0 Å². The fourth-order valence-corrected chi connectivity index (χ4v) is 3.48. The lowest BCUT2D eigenvalue weighted by Gasteiger charge is -2.25. The van der Waals surface area contributed by atoms with E-state index in [-0.39, 0.29) is 5.82 Å². The van der Waals surface area contributed by atoms with E-state index in [0.717, 1.165) is 24.7 Å². The van der Waals surface area contributed by atoms with Crippen LogP contribution in [-0.4, -0.2) is 38.1 Å². The summed E-state index contributed by atoms with van der Waals surface area (Å²) in [6.07, 6.45) is 0. The maximum absolute atomic E-state index is 12.9. The average Bonchev–Trinajstić information content (AvgIpc) is 2.83. The third-order valence-corrected chi connectivity index (χ3v) is 4.33. The zero-order chi connectivity index (χ0) is 14.0. The molecule has 19 heavy (non-hydrogen) atoms. The third-order valence-electron chi connectivity index (χ3n) is 4.33. The summed E-state index contributed by atoms with van der Waals surface area (Å²) < 4.78 is 12.9. The minimum atomic E-state index is -0.154. The molecule has 0 radical (unpaired) electrons. The molecule has 2 atom stereocenters. The summed E-state index contributed by atoms with van der Waals surface area (Å²) >= 11 is 0. The van der Waals surface area contributed by atoms with E-state index >= 15 is 0 Å². The summed E-state index contributed by atoms with van der Waals surface area (Å²) in [4.78, 5) is 4.82. The van der Waals surface area contributed by atoms with Crippen molar-refractivity contribution < 1.29 is 4.39 Å². The highest BCUT2D eigenvalue weighted by Crippen LogP contribution is 2.42. The SMILES string of the molecule is CC.CN1CC2CN(c3ccc(F)cc3)CC2(C)C1. The molecule has 2 saturated heterocycles. The van der Waals surface area contributed by atoms with Gasteiger partial charge in [-0.2, -0.15) is 0 Å². The second-order valence-electron chi connectivity index (χ2n) is 5.90. The van der Waals surface area contributed by atoms with Gasteiger partial charge in [0.05, 0.1) is 0 Å². The molecule has 1 aromatic carbocycles. The fourth-order valence-electron chi connectivity index (χ4n) is 3.48. The Bertz CT molecular complexity index is 417. The van der Waals surface area contributed by atoms with Gasteiger partial charge in [-0.3, -0.25) is 0 Å². The molecule has 0 aliphatic carbocycles. The topological polar surface area (TPSA) is 6.48 Å². The van der Waals surface area contributed by atoms with Crippen LogP contribution in [0.3, 0.4) is 0 Å². The molecule has 2 unspecified atom stereocenters. The van der Waals surface area contributed by atoms with Crippen molar-refractivity contribution in [2.75, 3.05) is 38.1 Å². The van der Waals surface area contributed by atoms with Crippen LogP contribution in [0, 0.1) is 17.2 Å². The van der Waals surface area contributed by atoms with Crippen LogP contribution in [0.5, 0.6) is 0 Å². The van der Waals surface area contributed by atoms with Gasteiger partial charge in [0.15, 0.2) is 0 Å². The van der Waals surface area contributed by atoms with E-state index in [1.165, 1.54) is 13.1 Å². The molecule has 1 aromatic rings. The molecule has 106 valence electrons. The summed E-state index contributed by atoms with van der Waals surface area (Å²) in [6, 6.07) is 6.89. The molecule has 0 spiro atoms. The molecule has 0 bridgehead atoms. The number of rotatable bonds is 1. The van der Waals surface area contributed by atoms with E-state index in [4.69, 9.17) is 0 Å². The standard InChI is InChI=1S/C14H19FN2.C2H6/c1-14-9-16(2)7-11(14)8-17(10-14)13-5-3-12(15)4-6-13;1-2/h3-6,11H,7-10H2,1-2H3;1-2H3. The minimum absolute atomic E-state index is 0.154. The normalized spacial score (nSPS) is 29.9. The number of fused-ring (bicyclic) bond motifs is 1. The second-order valence-corrected chi connectivity index (χ2v) is 5.90. The van der Waals surface area contributed by atoms with Crippen LogP contribution in [0.1, 0.15) is 20.8 Å². The van der Waals surface area contributed by atoms with Gasteiger partial charge in [0.25, 0.3) is 0 Å². The lowest BCUT2D eigenvalue weighted by Crippen LogP contribution is -2.30. The van der Waals surface area contributed by atoms with Gasteiger partial charge in [0, 0.05) is 37.3 Å². The quantitative estimate of drug-likeness (QED) is 0.768. The molecule has 3 heteroatoms. The first kappa shape index (κ1) is 14.3. The molecule has 0 N–H and O–H groups in total. The lowest BCUT2D eigenvalue weighted by atomic mass is 9.83. The molecule has 0 saturated carbocycles. The maximum Gasteiger partial charge on any atom is 0.123 e. The number of hydrogen-bond acceptors (Lipinski definition) is 2. The lowest BCUT2D eigenvalue weighted by molar-refractivity contribution is 0.313. The predicted molar refractivity (Wildman–Crippen MR) is 79.1 cm³/mol. The number of benzene rings is 1. The van der Waals surface area contributed by atoms with Crippen molar-refractivity contribution in [2.45, 2.75) is 20.8 Å². The van der Waals surface area contributed by atoms with Crippen molar-refractivity contribution in [3.05, 3.63) is 30.1 Å². The summed E-state index contributed by atoms with van der Waals surface area (Å²) in [7, 11) is 2.20. The average molecular weight is 264 g/mol. The summed E-state index contributed by atoms with van der Waals surface area (Å²) in [5.41, 5.74) is 1.56. The Labute approximate surface area is 116 Å². The van der Waals surface area contributed by atoms with Crippen molar-refractivity contribution in [3.63, 3.8) is 0 Å². The van der Waals surface area contributed by atoms with E-state index in [9.17, 15) is 4.39 Å². The Hall–Kier alpha value is -1.09. The van der Waals surface area contributed by atoms with Crippen LogP contribution < -0.4 is 4.90 Å². The number of likely N-dealkylation sites (tertiary alicyclic amines) is 1. The van der Waals surface area contributed by atoms with Crippen LogP contribution in [0.4, 0.5) is 10.1 Å².